The van der Waals surface area contributed by atoms with Crippen LogP contribution < -0.4 is 4.74 Å². The molecule has 152 valence electrons. The summed E-state index contributed by atoms with van der Waals surface area (Å²) in [5.74, 6) is 1.22. The highest BCUT2D eigenvalue weighted by Gasteiger charge is 2.18. The Bertz CT molecular complexity index is 1130. The van der Waals surface area contributed by atoms with Crippen LogP contribution in [0, 0.1) is 0 Å². The molecular weight excluding hydrogens is 420 g/mol. The number of hydrogen-bond donors (Lipinski definition) is 0. The van der Waals surface area contributed by atoms with Gasteiger partial charge in [0.05, 0.1) is 17.8 Å². The summed E-state index contributed by atoms with van der Waals surface area (Å²) in [6.07, 6.45) is 1.59. The van der Waals surface area contributed by atoms with E-state index in [0.29, 0.717) is 34.6 Å². The predicted molar refractivity (Wildman–Crippen MR) is 118 cm³/mol. The van der Waals surface area contributed by atoms with Crippen molar-refractivity contribution in [1.29, 1.82) is 0 Å². The van der Waals surface area contributed by atoms with Crippen LogP contribution in [-0.4, -0.2) is 22.8 Å². The van der Waals surface area contributed by atoms with Crippen molar-refractivity contribution >= 4 is 28.8 Å². The molecule has 0 radical (unpaired) electrons. The first kappa shape index (κ1) is 20.2. The molecule has 1 amide bonds. The summed E-state index contributed by atoms with van der Waals surface area (Å²) in [4.78, 5) is 18.7. The van der Waals surface area contributed by atoms with Gasteiger partial charge in [0.1, 0.15) is 28.8 Å². The minimum absolute atomic E-state index is 0.173. The van der Waals surface area contributed by atoms with E-state index in [4.69, 9.17) is 20.8 Å². The van der Waals surface area contributed by atoms with Gasteiger partial charge in [0.25, 0.3) is 5.91 Å². The van der Waals surface area contributed by atoms with E-state index in [1.807, 2.05) is 48.5 Å². The maximum absolute atomic E-state index is 12.6. The number of nitrogens with zero attached hydrogens (tertiary/aromatic N) is 2. The van der Waals surface area contributed by atoms with Crippen molar-refractivity contribution < 1.29 is 13.9 Å². The lowest BCUT2D eigenvalue weighted by molar-refractivity contribution is 0.0770. The summed E-state index contributed by atoms with van der Waals surface area (Å²) in [6, 6.07) is 19.0. The molecule has 0 fully saturated rings. The summed E-state index contributed by atoms with van der Waals surface area (Å²) >= 11 is 7.85. The lowest BCUT2D eigenvalue weighted by atomic mass is 10.2. The number of aromatic nitrogens is 1. The van der Waals surface area contributed by atoms with Crippen LogP contribution in [0.2, 0.25) is 5.02 Å². The Kier molecular flexibility index (Phi) is 6.16. The fraction of sp³-hybridized carbons (Fsp3) is 0.130. The van der Waals surface area contributed by atoms with Gasteiger partial charge in [-0.25, -0.2) is 4.98 Å². The number of ether oxygens (including phenoxy) is 1. The molecule has 0 saturated heterocycles. The van der Waals surface area contributed by atoms with Gasteiger partial charge in [-0.15, -0.1) is 11.3 Å². The first-order valence-corrected chi connectivity index (χ1v) is 10.6. The molecule has 0 saturated carbocycles. The maximum atomic E-state index is 12.6. The monoisotopic (exact) mass is 438 g/mol. The van der Waals surface area contributed by atoms with Crippen molar-refractivity contribution in [1.82, 2.24) is 9.88 Å². The quantitative estimate of drug-likeness (QED) is 0.360. The third-order valence-electron chi connectivity index (χ3n) is 4.46. The van der Waals surface area contributed by atoms with E-state index >= 15 is 0 Å². The lowest BCUT2D eigenvalue weighted by Crippen LogP contribution is -2.26. The number of furan rings is 1. The van der Waals surface area contributed by atoms with Gasteiger partial charge in [-0.3, -0.25) is 4.79 Å². The molecule has 4 aromatic rings. The number of halogens is 1. The molecule has 7 heteroatoms. The van der Waals surface area contributed by atoms with Gasteiger partial charge in [0.2, 0.25) is 0 Å². The van der Waals surface area contributed by atoms with Crippen LogP contribution in [0.4, 0.5) is 0 Å². The molecule has 0 aliphatic carbocycles. The molecule has 5 nitrogen and oxygen atoms in total. The number of hydrogen-bond acceptors (Lipinski definition) is 5. The fourth-order valence-electron chi connectivity index (χ4n) is 2.90. The molecule has 30 heavy (non-hydrogen) atoms. The molecule has 0 N–H and O–H groups in total. The molecule has 0 unspecified atom stereocenters. The van der Waals surface area contributed by atoms with Crippen LogP contribution in [0.5, 0.6) is 5.75 Å². The van der Waals surface area contributed by atoms with E-state index in [1.54, 1.807) is 35.7 Å². The largest absolute Gasteiger partial charge is 0.489 e. The average molecular weight is 439 g/mol. The van der Waals surface area contributed by atoms with Crippen LogP contribution >= 0.6 is 22.9 Å². The van der Waals surface area contributed by atoms with Crippen LogP contribution in [-0.2, 0) is 13.2 Å². The number of carbonyl (C=O) groups excluding carboxylic acids is 1. The Hall–Kier alpha value is -3.09. The Morgan fingerprint density at radius 2 is 2.00 bits per heavy atom. The zero-order valence-corrected chi connectivity index (χ0v) is 17.8. The van der Waals surface area contributed by atoms with Crippen molar-refractivity contribution in [2.75, 3.05) is 7.05 Å². The topological polar surface area (TPSA) is 55.6 Å². The third-order valence-corrected chi connectivity index (χ3v) is 5.65. The highest BCUT2D eigenvalue weighted by Crippen LogP contribution is 2.33. The minimum Gasteiger partial charge on any atom is -0.489 e. The maximum Gasteiger partial charge on any atom is 0.273 e. The summed E-state index contributed by atoms with van der Waals surface area (Å²) in [5.41, 5.74) is 2.23. The van der Waals surface area contributed by atoms with Crippen LogP contribution in [0.15, 0.2) is 76.7 Å². The second kappa shape index (κ2) is 9.15. The fourth-order valence-corrected chi connectivity index (χ4v) is 4.05. The standard InChI is InChI=1S/C23H19ClN2O3S/c1-26(13-18-8-5-11-28-18)23(27)21-15-30-22(25-21)19-10-9-17(12-20(19)24)29-14-16-6-3-2-4-7-16/h2-12,15H,13-14H2,1H3. The first-order chi connectivity index (χ1) is 14.6. The number of rotatable bonds is 7. The van der Waals surface area contributed by atoms with Gasteiger partial charge >= 0.3 is 0 Å². The zero-order chi connectivity index (χ0) is 20.9. The van der Waals surface area contributed by atoms with Gasteiger partial charge in [-0.1, -0.05) is 41.9 Å². The van der Waals surface area contributed by atoms with Crippen LogP contribution in [0.3, 0.4) is 0 Å². The van der Waals surface area contributed by atoms with Gasteiger partial charge in [-0.2, -0.15) is 0 Å². The average Bonchev–Trinajstić information content (AvgIpc) is 3.45. The summed E-state index contributed by atoms with van der Waals surface area (Å²) in [7, 11) is 1.72. The molecule has 2 aromatic heterocycles. The van der Waals surface area contributed by atoms with Crippen LogP contribution in [0.1, 0.15) is 21.8 Å². The van der Waals surface area contributed by atoms with Gasteiger partial charge < -0.3 is 14.1 Å². The molecule has 0 atom stereocenters. The van der Waals surface area contributed by atoms with Crippen molar-refractivity contribution in [2.45, 2.75) is 13.2 Å². The number of benzene rings is 2. The SMILES string of the molecule is CN(Cc1ccco1)C(=O)c1csc(-c2ccc(OCc3ccccc3)cc2Cl)n1. The second-order valence-corrected chi connectivity index (χ2v) is 7.96. The molecule has 4 rings (SSSR count). The number of amides is 1. The molecule has 0 spiro atoms. The zero-order valence-electron chi connectivity index (χ0n) is 16.2. The Balaban J connectivity index is 1.44. The van der Waals surface area contributed by atoms with E-state index in [9.17, 15) is 4.79 Å². The van der Waals surface area contributed by atoms with Gasteiger partial charge in [0.15, 0.2) is 0 Å². The normalized spacial score (nSPS) is 10.7. The first-order valence-electron chi connectivity index (χ1n) is 9.30. The number of carbonyl (C=O) groups is 1. The highest BCUT2D eigenvalue weighted by molar-refractivity contribution is 7.13. The molecular formula is C23H19ClN2O3S. The lowest BCUT2D eigenvalue weighted by Gasteiger charge is -2.13. The number of thiazole rings is 1. The Labute approximate surface area is 183 Å². The minimum atomic E-state index is -0.173. The van der Waals surface area contributed by atoms with E-state index in [-0.39, 0.29) is 5.91 Å². The van der Waals surface area contributed by atoms with Crippen molar-refractivity contribution in [2.24, 2.45) is 0 Å². The Morgan fingerprint density at radius 3 is 2.73 bits per heavy atom. The highest BCUT2D eigenvalue weighted by atomic mass is 35.5. The van der Waals surface area contributed by atoms with Crippen molar-refractivity contribution in [3.05, 3.63) is 94.3 Å². The molecule has 2 heterocycles. The third kappa shape index (κ3) is 4.72. The van der Waals surface area contributed by atoms with Crippen LogP contribution in [0.25, 0.3) is 10.6 Å². The van der Waals surface area contributed by atoms with E-state index in [1.165, 1.54) is 11.3 Å². The molecule has 0 aliphatic heterocycles. The smallest absolute Gasteiger partial charge is 0.273 e. The van der Waals surface area contributed by atoms with E-state index in [0.717, 1.165) is 16.9 Å². The predicted octanol–water partition coefficient (Wildman–Crippen LogP) is 5.91. The summed E-state index contributed by atoms with van der Waals surface area (Å²) in [6.45, 7) is 0.849. The van der Waals surface area contributed by atoms with Crippen molar-refractivity contribution in [3.8, 4) is 16.3 Å². The van der Waals surface area contributed by atoms with E-state index < -0.39 is 0 Å². The van der Waals surface area contributed by atoms with E-state index in [2.05, 4.69) is 4.98 Å². The molecule has 2 aromatic carbocycles. The Morgan fingerprint density at radius 1 is 1.17 bits per heavy atom. The van der Waals surface area contributed by atoms with Gasteiger partial charge in [0, 0.05) is 18.0 Å². The molecule has 0 bridgehead atoms. The van der Waals surface area contributed by atoms with Gasteiger partial charge in [-0.05, 0) is 35.9 Å². The summed E-state index contributed by atoms with van der Waals surface area (Å²) < 4.78 is 11.1. The second-order valence-electron chi connectivity index (χ2n) is 6.69. The summed E-state index contributed by atoms with van der Waals surface area (Å²) in [5, 5.41) is 2.95. The van der Waals surface area contributed by atoms with Crippen molar-refractivity contribution in [3.63, 3.8) is 0 Å². The molecule has 0 aliphatic rings.